The van der Waals surface area contributed by atoms with Crippen LogP contribution >= 0.6 is 0 Å². The van der Waals surface area contributed by atoms with Gasteiger partial charge < -0.3 is 20.3 Å². The minimum atomic E-state index is -0.594. The summed E-state index contributed by atoms with van der Waals surface area (Å²) in [5, 5.41) is 13.7. The second kappa shape index (κ2) is 8.24. The molecule has 3 atom stereocenters. The summed E-state index contributed by atoms with van der Waals surface area (Å²) < 4.78 is 13.2. The number of H-pyrrole nitrogens is 1. The molecule has 0 saturated carbocycles. The lowest BCUT2D eigenvalue weighted by Crippen LogP contribution is -2.55. The molecule has 3 rings (SSSR count). The van der Waals surface area contributed by atoms with E-state index in [1.807, 2.05) is 34.6 Å². The number of hydrogen-bond donors (Lipinski definition) is 3. The number of imidazole rings is 1. The van der Waals surface area contributed by atoms with Gasteiger partial charge in [0.1, 0.15) is 11.6 Å². The maximum atomic E-state index is 13.4. The van der Waals surface area contributed by atoms with E-state index in [2.05, 4.69) is 15.3 Å². The van der Waals surface area contributed by atoms with Crippen LogP contribution in [0.25, 0.3) is 11.3 Å². The number of benzene rings is 1. The summed E-state index contributed by atoms with van der Waals surface area (Å²) in [6, 6.07) is 5.58. The third kappa shape index (κ3) is 4.85. The Balaban J connectivity index is 1.86. The minimum Gasteiger partial charge on any atom is -0.391 e. The van der Waals surface area contributed by atoms with E-state index in [9.17, 15) is 14.3 Å². The SMILES string of the molecule is CC(C)N[C@H](C(=O)N1C[C@H](O)C[C@H]1c1nc(-c2ccc(F)cc2)c[nH]1)C(C)(C)C. The van der Waals surface area contributed by atoms with Gasteiger partial charge in [0.25, 0.3) is 0 Å². The summed E-state index contributed by atoms with van der Waals surface area (Å²) >= 11 is 0. The largest absolute Gasteiger partial charge is 0.391 e. The minimum absolute atomic E-state index is 0.0347. The molecule has 1 fully saturated rings. The zero-order valence-corrected chi connectivity index (χ0v) is 17.7. The number of likely N-dealkylation sites (tertiary alicyclic amines) is 1. The number of aromatic amines is 1. The molecule has 3 N–H and O–H groups in total. The van der Waals surface area contributed by atoms with Crippen molar-refractivity contribution in [3.63, 3.8) is 0 Å². The molecule has 2 heterocycles. The molecule has 1 aliphatic heterocycles. The standard InChI is InChI=1S/C22H31FN4O2/c1-13(2)25-19(22(3,4)5)21(29)27-12-16(28)10-18(27)20-24-11-17(26-20)14-6-8-15(23)9-7-14/h6-9,11,13,16,18-19,25,28H,10,12H2,1-5H3,(H,24,26)/t16-,18+,19-/m1/s1. The maximum absolute atomic E-state index is 13.4. The fourth-order valence-corrected chi connectivity index (χ4v) is 3.78. The molecule has 1 amide bonds. The van der Waals surface area contributed by atoms with Crippen LogP contribution in [0.3, 0.4) is 0 Å². The highest BCUT2D eigenvalue weighted by Gasteiger charge is 2.42. The van der Waals surface area contributed by atoms with E-state index in [1.54, 1.807) is 23.2 Å². The van der Waals surface area contributed by atoms with Gasteiger partial charge in [0.2, 0.25) is 5.91 Å². The van der Waals surface area contributed by atoms with Gasteiger partial charge in [0, 0.05) is 30.8 Å². The fraction of sp³-hybridized carbons (Fsp3) is 0.545. The van der Waals surface area contributed by atoms with Crippen molar-refractivity contribution in [3.8, 4) is 11.3 Å². The van der Waals surface area contributed by atoms with Crippen LogP contribution in [0, 0.1) is 11.2 Å². The van der Waals surface area contributed by atoms with E-state index in [0.29, 0.717) is 17.9 Å². The number of nitrogens with zero attached hydrogens (tertiary/aromatic N) is 2. The lowest BCUT2D eigenvalue weighted by atomic mass is 9.85. The maximum Gasteiger partial charge on any atom is 0.240 e. The van der Waals surface area contributed by atoms with E-state index in [0.717, 1.165) is 5.56 Å². The Morgan fingerprint density at radius 3 is 2.55 bits per heavy atom. The lowest BCUT2D eigenvalue weighted by Gasteiger charge is -2.36. The van der Waals surface area contributed by atoms with E-state index >= 15 is 0 Å². The van der Waals surface area contributed by atoms with Gasteiger partial charge in [-0.15, -0.1) is 0 Å². The Labute approximate surface area is 171 Å². The number of halogens is 1. The van der Waals surface area contributed by atoms with Crippen LogP contribution in [0.15, 0.2) is 30.5 Å². The third-order valence-electron chi connectivity index (χ3n) is 5.23. The van der Waals surface area contributed by atoms with Crippen molar-refractivity contribution in [3.05, 3.63) is 42.1 Å². The predicted molar refractivity (Wildman–Crippen MR) is 111 cm³/mol. The number of aromatic nitrogens is 2. The predicted octanol–water partition coefficient (Wildman–Crippen LogP) is 3.26. The first-order valence-electron chi connectivity index (χ1n) is 10.1. The van der Waals surface area contributed by atoms with Gasteiger partial charge in [-0.1, -0.05) is 34.6 Å². The van der Waals surface area contributed by atoms with Crippen LogP contribution in [0.5, 0.6) is 0 Å². The number of β-amino-alcohol motifs (C(OH)–C–C–N with tert-alkyl or cyclic N) is 1. The second-order valence-electron chi connectivity index (χ2n) is 9.19. The van der Waals surface area contributed by atoms with E-state index in [4.69, 9.17) is 0 Å². The van der Waals surface area contributed by atoms with Gasteiger partial charge in [0.15, 0.2) is 0 Å². The van der Waals surface area contributed by atoms with Crippen molar-refractivity contribution in [2.75, 3.05) is 6.54 Å². The molecule has 1 aliphatic rings. The van der Waals surface area contributed by atoms with Crippen molar-refractivity contribution in [2.24, 2.45) is 5.41 Å². The van der Waals surface area contributed by atoms with E-state index < -0.39 is 6.10 Å². The number of hydrogen-bond acceptors (Lipinski definition) is 4. The molecule has 0 bridgehead atoms. The second-order valence-corrected chi connectivity index (χ2v) is 9.19. The topological polar surface area (TPSA) is 81.2 Å². The zero-order chi connectivity index (χ0) is 21.3. The van der Waals surface area contributed by atoms with Crippen LogP contribution in [0.2, 0.25) is 0 Å². The smallest absolute Gasteiger partial charge is 0.240 e. The first-order valence-corrected chi connectivity index (χ1v) is 10.1. The molecule has 0 spiro atoms. The number of nitrogens with one attached hydrogen (secondary N) is 2. The number of carbonyl (C=O) groups excluding carboxylic acids is 1. The molecule has 158 valence electrons. The Bertz CT molecular complexity index is 841. The molecule has 0 unspecified atom stereocenters. The van der Waals surface area contributed by atoms with Gasteiger partial charge in [-0.25, -0.2) is 9.37 Å². The van der Waals surface area contributed by atoms with Gasteiger partial charge in [-0.2, -0.15) is 0 Å². The van der Waals surface area contributed by atoms with Crippen LogP contribution in [0.4, 0.5) is 4.39 Å². The fourth-order valence-electron chi connectivity index (χ4n) is 3.78. The summed E-state index contributed by atoms with van der Waals surface area (Å²) in [6.07, 6.45) is 1.59. The summed E-state index contributed by atoms with van der Waals surface area (Å²) in [5.74, 6) is 0.296. The zero-order valence-electron chi connectivity index (χ0n) is 17.7. The molecule has 6 nitrogen and oxygen atoms in total. The average Bonchev–Trinajstić information content (AvgIpc) is 3.25. The van der Waals surface area contributed by atoms with Crippen LogP contribution in [0.1, 0.15) is 52.9 Å². The first kappa shape index (κ1) is 21.5. The van der Waals surface area contributed by atoms with Crippen molar-refractivity contribution >= 4 is 5.91 Å². The summed E-state index contributed by atoms with van der Waals surface area (Å²) in [7, 11) is 0. The van der Waals surface area contributed by atoms with Crippen molar-refractivity contribution in [1.29, 1.82) is 0 Å². The molecular weight excluding hydrogens is 371 g/mol. The molecule has 0 radical (unpaired) electrons. The average molecular weight is 403 g/mol. The summed E-state index contributed by atoms with van der Waals surface area (Å²) in [4.78, 5) is 23.0. The molecule has 0 aliphatic carbocycles. The van der Waals surface area contributed by atoms with Crippen molar-refractivity contribution in [1.82, 2.24) is 20.2 Å². The number of aliphatic hydroxyl groups is 1. The van der Waals surface area contributed by atoms with E-state index in [1.165, 1.54) is 12.1 Å². The molecule has 1 aromatic heterocycles. The van der Waals surface area contributed by atoms with Crippen LogP contribution < -0.4 is 5.32 Å². The Morgan fingerprint density at radius 2 is 1.97 bits per heavy atom. The number of aliphatic hydroxyl groups excluding tert-OH is 1. The Morgan fingerprint density at radius 1 is 1.31 bits per heavy atom. The van der Waals surface area contributed by atoms with Crippen molar-refractivity contribution < 1.29 is 14.3 Å². The Hall–Kier alpha value is -2.25. The molecular formula is C22H31FN4O2. The highest BCUT2D eigenvalue weighted by Crippen LogP contribution is 2.34. The normalized spacial score (nSPS) is 21.0. The molecule has 1 saturated heterocycles. The van der Waals surface area contributed by atoms with Gasteiger partial charge in [0.05, 0.1) is 23.9 Å². The first-order chi connectivity index (χ1) is 13.6. The van der Waals surface area contributed by atoms with Gasteiger partial charge in [-0.3, -0.25) is 4.79 Å². The summed E-state index contributed by atoms with van der Waals surface area (Å²) in [5.41, 5.74) is 1.20. The van der Waals surface area contributed by atoms with Gasteiger partial charge in [-0.05, 0) is 29.7 Å². The number of rotatable bonds is 5. The third-order valence-corrected chi connectivity index (χ3v) is 5.23. The quantitative estimate of drug-likeness (QED) is 0.717. The number of amides is 1. The van der Waals surface area contributed by atoms with Crippen LogP contribution in [-0.4, -0.2) is 50.6 Å². The van der Waals surface area contributed by atoms with Crippen molar-refractivity contribution in [2.45, 2.75) is 65.3 Å². The highest BCUT2D eigenvalue weighted by molar-refractivity contribution is 5.83. The molecule has 29 heavy (non-hydrogen) atoms. The summed E-state index contributed by atoms with van der Waals surface area (Å²) in [6.45, 7) is 10.4. The number of carbonyl (C=O) groups is 1. The van der Waals surface area contributed by atoms with E-state index in [-0.39, 0.29) is 41.8 Å². The Kier molecular flexibility index (Phi) is 6.10. The monoisotopic (exact) mass is 402 g/mol. The van der Waals surface area contributed by atoms with Gasteiger partial charge >= 0.3 is 0 Å². The molecule has 2 aromatic rings. The highest BCUT2D eigenvalue weighted by atomic mass is 19.1. The van der Waals surface area contributed by atoms with Crippen LogP contribution in [-0.2, 0) is 4.79 Å². The lowest BCUT2D eigenvalue weighted by molar-refractivity contribution is -0.137. The molecule has 1 aromatic carbocycles. The molecule has 7 heteroatoms.